The van der Waals surface area contributed by atoms with E-state index in [1.54, 1.807) is 47.7 Å². The molecule has 0 atom stereocenters. The van der Waals surface area contributed by atoms with Crippen molar-refractivity contribution in [2.24, 2.45) is 0 Å². The van der Waals surface area contributed by atoms with E-state index in [9.17, 15) is 9.59 Å². The molecule has 0 bridgehead atoms. The molecule has 31 heavy (non-hydrogen) atoms. The lowest BCUT2D eigenvalue weighted by atomic mass is 10.1. The van der Waals surface area contributed by atoms with Crippen LogP contribution in [0.1, 0.15) is 30.0 Å². The minimum Gasteiger partial charge on any atom is -0.467 e. The van der Waals surface area contributed by atoms with Gasteiger partial charge in [0.15, 0.2) is 5.65 Å². The number of nitrogens with one attached hydrogen (secondary N) is 2. The van der Waals surface area contributed by atoms with Crippen LogP contribution in [0.15, 0.2) is 59.6 Å². The number of aromatic nitrogens is 4. The molecular weight excluding hydrogens is 396 g/mol. The Hall–Kier alpha value is -4.01. The average molecular weight is 418 g/mol. The summed E-state index contributed by atoms with van der Waals surface area (Å²) in [6, 6.07) is 9.00. The Morgan fingerprint density at radius 2 is 2.06 bits per heavy atom. The first-order valence-electron chi connectivity index (χ1n) is 9.88. The van der Waals surface area contributed by atoms with Crippen LogP contribution < -0.4 is 10.6 Å². The van der Waals surface area contributed by atoms with Crippen LogP contribution >= 0.6 is 0 Å². The zero-order chi connectivity index (χ0) is 21.8. The quantitative estimate of drug-likeness (QED) is 0.476. The Morgan fingerprint density at radius 3 is 2.77 bits per heavy atom. The fourth-order valence-electron chi connectivity index (χ4n) is 3.19. The van der Waals surface area contributed by atoms with Crippen molar-refractivity contribution < 1.29 is 14.0 Å². The number of hydrogen-bond donors (Lipinski definition) is 2. The second kappa shape index (κ2) is 8.78. The van der Waals surface area contributed by atoms with Gasteiger partial charge < -0.3 is 15.1 Å². The van der Waals surface area contributed by atoms with Gasteiger partial charge in [0.25, 0.3) is 5.91 Å². The number of hydrogen-bond acceptors (Lipinski definition) is 6. The predicted molar refractivity (Wildman–Crippen MR) is 114 cm³/mol. The van der Waals surface area contributed by atoms with Crippen molar-refractivity contribution in [2.75, 3.05) is 6.54 Å². The zero-order valence-electron chi connectivity index (χ0n) is 17.2. The van der Waals surface area contributed by atoms with Crippen molar-refractivity contribution in [3.05, 3.63) is 66.5 Å². The highest BCUT2D eigenvalue weighted by molar-refractivity contribution is 6.07. The number of rotatable bonds is 7. The maximum Gasteiger partial charge on any atom is 0.252 e. The molecule has 0 aliphatic carbocycles. The molecule has 2 N–H and O–H groups in total. The van der Waals surface area contributed by atoms with Gasteiger partial charge in [-0.3, -0.25) is 14.6 Å². The van der Waals surface area contributed by atoms with Gasteiger partial charge in [0, 0.05) is 24.0 Å². The second-order valence-corrected chi connectivity index (χ2v) is 7.32. The highest BCUT2D eigenvalue weighted by Gasteiger charge is 2.19. The molecule has 0 fully saturated rings. The molecule has 0 aromatic carbocycles. The van der Waals surface area contributed by atoms with Crippen LogP contribution in [0.4, 0.5) is 0 Å². The van der Waals surface area contributed by atoms with Gasteiger partial charge in [0.2, 0.25) is 5.91 Å². The number of fused-ring (bicyclic) bond motifs is 1. The maximum atomic E-state index is 13.0. The van der Waals surface area contributed by atoms with Crippen molar-refractivity contribution in [3.8, 4) is 11.3 Å². The summed E-state index contributed by atoms with van der Waals surface area (Å²) >= 11 is 0. The average Bonchev–Trinajstić information content (AvgIpc) is 3.42. The van der Waals surface area contributed by atoms with E-state index in [0.29, 0.717) is 28.8 Å². The van der Waals surface area contributed by atoms with Crippen LogP contribution in [-0.2, 0) is 11.3 Å². The molecular formula is C22H22N6O3. The topological polar surface area (TPSA) is 115 Å². The number of pyridine rings is 2. The number of nitrogens with zero attached hydrogens (tertiary/aromatic N) is 4. The molecule has 0 unspecified atom stereocenters. The summed E-state index contributed by atoms with van der Waals surface area (Å²) in [4.78, 5) is 33.8. The van der Waals surface area contributed by atoms with Crippen molar-refractivity contribution in [2.45, 2.75) is 26.4 Å². The minimum absolute atomic E-state index is 0.00551. The number of amides is 2. The van der Waals surface area contributed by atoms with E-state index in [1.165, 1.54) is 0 Å². The molecule has 0 radical (unpaired) electrons. The molecule has 9 heteroatoms. The molecule has 4 heterocycles. The lowest BCUT2D eigenvalue weighted by molar-refractivity contribution is -0.120. The molecule has 0 saturated heterocycles. The van der Waals surface area contributed by atoms with Gasteiger partial charge in [-0.05, 0) is 44.2 Å². The molecule has 0 aliphatic rings. The van der Waals surface area contributed by atoms with Gasteiger partial charge >= 0.3 is 0 Å². The first-order chi connectivity index (χ1) is 15.0. The number of furan rings is 1. The van der Waals surface area contributed by atoms with E-state index in [4.69, 9.17) is 9.40 Å². The number of carbonyl (C=O) groups is 2. The van der Waals surface area contributed by atoms with Gasteiger partial charge in [-0.15, -0.1) is 0 Å². The zero-order valence-corrected chi connectivity index (χ0v) is 17.2. The summed E-state index contributed by atoms with van der Waals surface area (Å²) in [6.07, 6.45) is 6.54. The molecule has 9 nitrogen and oxygen atoms in total. The van der Waals surface area contributed by atoms with E-state index < -0.39 is 0 Å². The van der Waals surface area contributed by atoms with Crippen LogP contribution in [0.25, 0.3) is 22.3 Å². The van der Waals surface area contributed by atoms with Crippen LogP contribution in [0.3, 0.4) is 0 Å². The van der Waals surface area contributed by atoms with Crippen molar-refractivity contribution in [1.29, 1.82) is 0 Å². The highest BCUT2D eigenvalue weighted by atomic mass is 16.3. The molecule has 4 aromatic heterocycles. The van der Waals surface area contributed by atoms with Crippen LogP contribution in [0.2, 0.25) is 0 Å². The molecule has 0 spiro atoms. The first kappa shape index (κ1) is 20.3. The van der Waals surface area contributed by atoms with Gasteiger partial charge in [-0.25, -0.2) is 9.67 Å². The van der Waals surface area contributed by atoms with Crippen molar-refractivity contribution in [1.82, 2.24) is 30.4 Å². The Labute approximate surface area is 178 Å². The van der Waals surface area contributed by atoms with E-state index in [-0.39, 0.29) is 24.4 Å². The summed E-state index contributed by atoms with van der Waals surface area (Å²) in [7, 11) is 0. The summed E-state index contributed by atoms with van der Waals surface area (Å²) in [5.41, 5.74) is 2.27. The van der Waals surface area contributed by atoms with Gasteiger partial charge in [0.05, 0.1) is 35.6 Å². The first-order valence-corrected chi connectivity index (χ1v) is 9.88. The lowest BCUT2D eigenvalue weighted by Crippen LogP contribution is -2.39. The maximum absolute atomic E-state index is 13.0. The Morgan fingerprint density at radius 1 is 1.19 bits per heavy atom. The summed E-state index contributed by atoms with van der Waals surface area (Å²) < 4.78 is 7.10. The lowest BCUT2D eigenvalue weighted by Gasteiger charge is -2.11. The summed E-state index contributed by atoms with van der Waals surface area (Å²) in [5, 5.41) is 10.4. The third kappa shape index (κ3) is 4.61. The normalized spacial score (nSPS) is 11.1. The largest absolute Gasteiger partial charge is 0.467 e. The summed E-state index contributed by atoms with van der Waals surface area (Å²) in [5.74, 6) is 0.0820. The van der Waals surface area contributed by atoms with E-state index in [0.717, 1.165) is 11.3 Å². The van der Waals surface area contributed by atoms with E-state index in [1.807, 2.05) is 26.0 Å². The molecule has 2 amide bonds. The summed E-state index contributed by atoms with van der Waals surface area (Å²) in [6.45, 7) is 3.97. The predicted octanol–water partition coefficient (Wildman–Crippen LogP) is 2.39. The van der Waals surface area contributed by atoms with Crippen LogP contribution in [-0.4, -0.2) is 44.1 Å². The minimum atomic E-state index is -0.381. The molecule has 0 aliphatic heterocycles. The van der Waals surface area contributed by atoms with Gasteiger partial charge in [-0.1, -0.05) is 0 Å². The molecule has 0 saturated carbocycles. The fraction of sp³-hybridized carbons (Fsp3) is 0.227. The van der Waals surface area contributed by atoms with Crippen molar-refractivity contribution in [3.63, 3.8) is 0 Å². The van der Waals surface area contributed by atoms with Gasteiger partial charge in [0.1, 0.15) is 12.3 Å². The standard InChI is InChI=1S/C22H22N6O3/c1-14(2)26-20(29)12-24-22(30)17-9-19(15-5-3-7-23-10-15)27-21-18(17)11-25-28(21)13-16-6-4-8-31-16/h3-11,14H,12-13H2,1-2H3,(H,24,30)(H,26,29). The highest BCUT2D eigenvalue weighted by Crippen LogP contribution is 2.25. The number of carbonyl (C=O) groups excluding carboxylic acids is 2. The van der Waals surface area contributed by atoms with Crippen molar-refractivity contribution >= 4 is 22.8 Å². The Bertz CT molecular complexity index is 1200. The third-order valence-electron chi connectivity index (χ3n) is 4.56. The van der Waals surface area contributed by atoms with Crippen LogP contribution in [0, 0.1) is 0 Å². The third-order valence-corrected chi connectivity index (χ3v) is 4.56. The van der Waals surface area contributed by atoms with Crippen LogP contribution in [0.5, 0.6) is 0 Å². The fourth-order valence-corrected chi connectivity index (χ4v) is 3.19. The Kier molecular flexibility index (Phi) is 5.74. The van der Waals surface area contributed by atoms with E-state index in [2.05, 4.69) is 20.7 Å². The monoisotopic (exact) mass is 418 g/mol. The SMILES string of the molecule is CC(C)NC(=O)CNC(=O)c1cc(-c2cccnc2)nc2c1cnn2Cc1ccco1. The second-order valence-electron chi connectivity index (χ2n) is 7.32. The smallest absolute Gasteiger partial charge is 0.252 e. The Balaban J connectivity index is 1.71. The van der Waals surface area contributed by atoms with E-state index >= 15 is 0 Å². The van der Waals surface area contributed by atoms with Gasteiger partial charge in [-0.2, -0.15) is 5.10 Å². The molecule has 4 rings (SSSR count). The molecule has 158 valence electrons. The molecule has 4 aromatic rings.